The van der Waals surface area contributed by atoms with Crippen LogP contribution in [0.15, 0.2) is 35.0 Å². The van der Waals surface area contributed by atoms with Gasteiger partial charge in [0.2, 0.25) is 0 Å². The zero-order chi connectivity index (χ0) is 17.9. The highest BCUT2D eigenvalue weighted by Gasteiger charge is 2.21. The Morgan fingerprint density at radius 2 is 2.04 bits per heavy atom. The van der Waals surface area contributed by atoms with Crippen molar-refractivity contribution >= 4 is 17.0 Å². The first kappa shape index (κ1) is 16.7. The number of carbonyl (C=O) groups excluding carboxylic acids is 1. The van der Waals surface area contributed by atoms with E-state index in [0.29, 0.717) is 23.6 Å². The van der Waals surface area contributed by atoms with Gasteiger partial charge >= 0.3 is 0 Å². The zero-order valence-electron chi connectivity index (χ0n) is 14.9. The van der Waals surface area contributed by atoms with Crippen molar-refractivity contribution in [2.24, 2.45) is 0 Å². The SMILES string of the molecule is Cc1cnc(CNC(=O)c2ccc3nc(C4CCCCC4)oc3c2)cn1. The van der Waals surface area contributed by atoms with E-state index >= 15 is 0 Å². The topological polar surface area (TPSA) is 80.9 Å². The summed E-state index contributed by atoms with van der Waals surface area (Å²) in [7, 11) is 0. The van der Waals surface area contributed by atoms with Crippen molar-refractivity contribution in [3.05, 3.63) is 53.4 Å². The lowest BCUT2D eigenvalue weighted by molar-refractivity contribution is 0.0950. The molecule has 0 spiro atoms. The zero-order valence-corrected chi connectivity index (χ0v) is 14.9. The Morgan fingerprint density at radius 1 is 1.19 bits per heavy atom. The summed E-state index contributed by atoms with van der Waals surface area (Å²) >= 11 is 0. The summed E-state index contributed by atoms with van der Waals surface area (Å²) < 4.78 is 5.96. The molecular weight excluding hydrogens is 328 g/mol. The fourth-order valence-electron chi connectivity index (χ4n) is 3.39. The van der Waals surface area contributed by atoms with E-state index in [1.54, 1.807) is 24.5 Å². The molecule has 1 aromatic carbocycles. The maximum absolute atomic E-state index is 12.4. The standard InChI is InChI=1S/C20H22N4O2/c1-13-10-22-16(11-21-13)12-23-19(25)15-7-8-17-18(9-15)26-20(24-17)14-5-3-2-4-6-14/h7-11,14H,2-6,12H2,1H3,(H,23,25). The van der Waals surface area contributed by atoms with Gasteiger partial charge in [-0.25, -0.2) is 4.98 Å². The number of carbonyl (C=O) groups is 1. The summed E-state index contributed by atoms with van der Waals surface area (Å²) in [5, 5.41) is 2.87. The number of nitrogens with one attached hydrogen (secondary N) is 1. The number of oxazole rings is 1. The molecule has 0 unspecified atom stereocenters. The third-order valence-electron chi connectivity index (χ3n) is 4.89. The van der Waals surface area contributed by atoms with Gasteiger partial charge in [-0.1, -0.05) is 19.3 Å². The second-order valence-electron chi connectivity index (χ2n) is 6.90. The van der Waals surface area contributed by atoms with Crippen LogP contribution >= 0.6 is 0 Å². The first-order valence-electron chi connectivity index (χ1n) is 9.15. The van der Waals surface area contributed by atoms with Crippen LogP contribution in [-0.4, -0.2) is 20.9 Å². The Bertz CT molecular complexity index is 911. The highest BCUT2D eigenvalue weighted by Crippen LogP contribution is 2.33. The van der Waals surface area contributed by atoms with Crippen LogP contribution in [0, 0.1) is 6.92 Å². The molecule has 26 heavy (non-hydrogen) atoms. The second kappa shape index (κ2) is 7.23. The molecule has 6 nitrogen and oxygen atoms in total. The van der Waals surface area contributed by atoms with Crippen LogP contribution in [-0.2, 0) is 6.54 Å². The fraction of sp³-hybridized carbons (Fsp3) is 0.400. The molecule has 0 bridgehead atoms. The summed E-state index contributed by atoms with van der Waals surface area (Å²) in [6.45, 7) is 2.22. The van der Waals surface area contributed by atoms with Crippen LogP contribution in [0.2, 0.25) is 0 Å². The lowest BCUT2D eigenvalue weighted by atomic mass is 9.89. The third kappa shape index (κ3) is 3.59. The molecular formula is C20H22N4O2. The number of aryl methyl sites for hydroxylation is 1. The molecule has 1 N–H and O–H groups in total. The Morgan fingerprint density at radius 3 is 2.81 bits per heavy atom. The Hall–Kier alpha value is -2.76. The molecule has 4 rings (SSSR count). The molecule has 0 aliphatic heterocycles. The van der Waals surface area contributed by atoms with Gasteiger partial charge in [0.1, 0.15) is 5.52 Å². The number of aromatic nitrogens is 3. The summed E-state index contributed by atoms with van der Waals surface area (Å²) in [5.74, 6) is 1.06. The van der Waals surface area contributed by atoms with Crippen LogP contribution in [0.25, 0.3) is 11.1 Å². The average molecular weight is 350 g/mol. The first-order chi connectivity index (χ1) is 12.7. The summed E-state index contributed by atoms with van der Waals surface area (Å²) in [5.41, 5.74) is 3.62. The summed E-state index contributed by atoms with van der Waals surface area (Å²) in [6.07, 6.45) is 9.40. The lowest BCUT2D eigenvalue weighted by Gasteiger charge is -2.17. The van der Waals surface area contributed by atoms with Crippen molar-refractivity contribution < 1.29 is 9.21 Å². The fourth-order valence-corrected chi connectivity index (χ4v) is 3.39. The lowest BCUT2D eigenvalue weighted by Crippen LogP contribution is -2.23. The predicted molar refractivity (Wildman–Crippen MR) is 97.8 cm³/mol. The van der Waals surface area contributed by atoms with Gasteiger partial charge in [0, 0.05) is 17.7 Å². The molecule has 3 aromatic rings. The van der Waals surface area contributed by atoms with Gasteiger partial charge in [0.25, 0.3) is 5.91 Å². The normalized spacial score (nSPS) is 15.3. The summed E-state index contributed by atoms with van der Waals surface area (Å²) in [4.78, 5) is 25.5. The van der Waals surface area contributed by atoms with Gasteiger partial charge in [-0.05, 0) is 38.0 Å². The first-order valence-corrected chi connectivity index (χ1v) is 9.15. The van der Waals surface area contributed by atoms with E-state index in [9.17, 15) is 4.79 Å². The minimum absolute atomic E-state index is 0.162. The average Bonchev–Trinajstić information content (AvgIpc) is 3.11. The van der Waals surface area contributed by atoms with Crippen LogP contribution in [0.5, 0.6) is 0 Å². The molecule has 6 heteroatoms. The number of benzene rings is 1. The Balaban J connectivity index is 1.47. The predicted octanol–water partition coefficient (Wildman–Crippen LogP) is 3.90. The number of hydrogen-bond donors (Lipinski definition) is 1. The van der Waals surface area contributed by atoms with Crippen molar-refractivity contribution in [3.63, 3.8) is 0 Å². The van der Waals surface area contributed by atoms with Gasteiger partial charge in [-0.15, -0.1) is 0 Å². The molecule has 0 atom stereocenters. The number of fused-ring (bicyclic) bond motifs is 1. The molecule has 0 radical (unpaired) electrons. The highest BCUT2D eigenvalue weighted by atomic mass is 16.3. The van der Waals surface area contributed by atoms with Crippen molar-refractivity contribution in [2.75, 3.05) is 0 Å². The molecule has 134 valence electrons. The van der Waals surface area contributed by atoms with Gasteiger partial charge in [0.15, 0.2) is 11.5 Å². The van der Waals surface area contributed by atoms with E-state index in [1.807, 2.05) is 13.0 Å². The molecule has 1 amide bonds. The second-order valence-corrected chi connectivity index (χ2v) is 6.90. The number of nitrogens with zero attached hydrogens (tertiary/aromatic N) is 3. The highest BCUT2D eigenvalue weighted by molar-refractivity contribution is 5.96. The van der Waals surface area contributed by atoms with Crippen LogP contribution in [0.3, 0.4) is 0 Å². The van der Waals surface area contributed by atoms with E-state index in [4.69, 9.17) is 4.42 Å². The number of amides is 1. The Labute approximate surface area is 152 Å². The van der Waals surface area contributed by atoms with Crippen molar-refractivity contribution in [3.8, 4) is 0 Å². The Kier molecular flexibility index (Phi) is 4.65. The molecule has 1 fully saturated rings. The monoisotopic (exact) mass is 350 g/mol. The van der Waals surface area contributed by atoms with Crippen molar-refractivity contribution in [1.82, 2.24) is 20.3 Å². The maximum Gasteiger partial charge on any atom is 0.251 e. The van der Waals surface area contributed by atoms with Crippen LogP contribution in [0.4, 0.5) is 0 Å². The number of rotatable bonds is 4. The molecule has 1 aliphatic carbocycles. The quantitative estimate of drug-likeness (QED) is 0.772. The minimum atomic E-state index is -0.162. The van der Waals surface area contributed by atoms with Crippen LogP contribution in [0.1, 0.15) is 65.7 Å². The molecule has 2 heterocycles. The van der Waals surface area contributed by atoms with Gasteiger partial charge in [-0.2, -0.15) is 0 Å². The summed E-state index contributed by atoms with van der Waals surface area (Å²) in [6, 6.07) is 5.40. The van der Waals surface area contributed by atoms with Gasteiger partial charge in [0.05, 0.1) is 24.1 Å². The van der Waals surface area contributed by atoms with Gasteiger partial charge in [-0.3, -0.25) is 14.8 Å². The van der Waals surface area contributed by atoms with E-state index in [0.717, 1.165) is 35.6 Å². The third-order valence-corrected chi connectivity index (χ3v) is 4.89. The van der Waals surface area contributed by atoms with Crippen LogP contribution < -0.4 is 5.32 Å². The van der Waals surface area contributed by atoms with Crippen molar-refractivity contribution in [2.45, 2.75) is 51.5 Å². The van der Waals surface area contributed by atoms with Crippen molar-refractivity contribution in [1.29, 1.82) is 0 Å². The minimum Gasteiger partial charge on any atom is -0.440 e. The molecule has 1 aliphatic rings. The van der Waals surface area contributed by atoms with E-state index < -0.39 is 0 Å². The van der Waals surface area contributed by atoms with Gasteiger partial charge < -0.3 is 9.73 Å². The van der Waals surface area contributed by atoms with E-state index in [2.05, 4.69) is 20.3 Å². The van der Waals surface area contributed by atoms with E-state index in [1.165, 1.54) is 19.3 Å². The molecule has 1 saturated carbocycles. The maximum atomic E-state index is 12.4. The smallest absolute Gasteiger partial charge is 0.251 e. The number of hydrogen-bond acceptors (Lipinski definition) is 5. The molecule has 0 saturated heterocycles. The largest absolute Gasteiger partial charge is 0.440 e. The van der Waals surface area contributed by atoms with E-state index in [-0.39, 0.29) is 5.91 Å². The molecule has 2 aromatic heterocycles.